The highest BCUT2D eigenvalue weighted by atomic mass is 35.5. The van der Waals surface area contributed by atoms with E-state index in [9.17, 15) is 0 Å². The third-order valence-electron chi connectivity index (χ3n) is 12.1. The van der Waals surface area contributed by atoms with Crippen LogP contribution < -0.4 is 30.7 Å². The monoisotopic (exact) mass is 771 g/mol. The normalized spacial score (nSPS) is 27.1. The number of fused-ring (bicyclic) bond motifs is 2. The zero-order chi connectivity index (χ0) is 37.9. The van der Waals surface area contributed by atoms with E-state index in [0.717, 1.165) is 81.2 Å². The van der Waals surface area contributed by atoms with E-state index < -0.39 is 0 Å². The van der Waals surface area contributed by atoms with Crippen LogP contribution in [0, 0.1) is 21.7 Å². The zero-order valence-electron chi connectivity index (χ0n) is 31.6. The molecule has 4 atom stereocenters. The van der Waals surface area contributed by atoms with Gasteiger partial charge in [0.05, 0.1) is 36.2 Å². The predicted octanol–water partition coefficient (Wildman–Crippen LogP) is 5.40. The number of hydrogen-bond acceptors (Lipinski definition) is 13. The van der Waals surface area contributed by atoms with Crippen molar-refractivity contribution in [3.63, 3.8) is 0 Å². The molecule has 4 aliphatic heterocycles. The lowest BCUT2D eigenvalue weighted by atomic mass is 9.71. The van der Waals surface area contributed by atoms with E-state index in [4.69, 9.17) is 28.2 Å². The van der Waals surface area contributed by atoms with Gasteiger partial charge in [-0.25, -0.2) is 15.0 Å². The van der Waals surface area contributed by atoms with E-state index >= 15 is 0 Å². The molecule has 0 aromatic carbocycles. The summed E-state index contributed by atoms with van der Waals surface area (Å²) in [6.45, 7) is 17.0. The molecule has 4 fully saturated rings. The van der Waals surface area contributed by atoms with Gasteiger partial charge in [0.2, 0.25) is 11.9 Å². The van der Waals surface area contributed by atoms with Crippen LogP contribution in [-0.2, 0) is 14.1 Å². The summed E-state index contributed by atoms with van der Waals surface area (Å²) < 4.78 is 3.46. The van der Waals surface area contributed by atoms with Gasteiger partial charge in [0.1, 0.15) is 15.9 Å². The van der Waals surface area contributed by atoms with Gasteiger partial charge >= 0.3 is 0 Å². The number of hydrogen-bond donors (Lipinski definition) is 3. The average molecular weight is 773 g/mol. The first-order chi connectivity index (χ1) is 25.7. The number of nitrogens with one attached hydrogen (secondary N) is 3. The number of nitrogens with zero attached hydrogens (tertiary/aromatic N) is 12. The molecule has 0 amide bonds. The topological polar surface area (TPSA) is 146 Å². The summed E-state index contributed by atoms with van der Waals surface area (Å²) in [6, 6.07) is 6.09. The summed E-state index contributed by atoms with van der Waals surface area (Å²) in [4.78, 5) is 29.6. The van der Waals surface area contributed by atoms with Gasteiger partial charge in [-0.2, -0.15) is 20.2 Å². The standard InChI is InChI=1S/C21H25ClN8.C16H22ClN7/c1-20-11-29(17-6-4-5-7-23-17)12-21(20,2)14-30(13-20)18-16(22)9-24-19(27-18)26-15-8-25-28(3)10-15;1-15-7-18-8-16(15,2)10-24(9-15)13-12(17)5-19-14(22-13)21-11-4-20-23(3)6-11/h4-10H,11-14H2,1-3H3,(H,24,26,27);4-6,18H,7-10H2,1-3H3,(H,19,21,22)/t20-,21+;15-,16+. The highest BCUT2D eigenvalue weighted by Crippen LogP contribution is 2.53. The Morgan fingerprint density at radius 2 is 1.07 bits per heavy atom. The minimum atomic E-state index is 0.107. The van der Waals surface area contributed by atoms with E-state index in [-0.39, 0.29) is 21.7 Å². The molecule has 9 rings (SSSR count). The lowest BCUT2D eigenvalue weighted by Gasteiger charge is -2.30. The number of aryl methyl sites for hydroxylation is 2. The van der Waals surface area contributed by atoms with Gasteiger partial charge in [0.25, 0.3) is 0 Å². The van der Waals surface area contributed by atoms with Gasteiger partial charge < -0.3 is 30.7 Å². The first-order valence-electron chi connectivity index (χ1n) is 18.2. The van der Waals surface area contributed by atoms with Crippen molar-refractivity contribution >= 4 is 63.9 Å². The van der Waals surface area contributed by atoms with E-state index in [1.807, 2.05) is 44.8 Å². The fourth-order valence-corrected chi connectivity index (χ4v) is 9.03. The summed E-state index contributed by atoms with van der Waals surface area (Å²) in [7, 11) is 3.75. The van der Waals surface area contributed by atoms with Crippen LogP contribution in [0.3, 0.4) is 0 Å². The third-order valence-corrected chi connectivity index (χ3v) is 12.7. The highest BCUT2D eigenvalue weighted by molar-refractivity contribution is 6.33. The Labute approximate surface area is 325 Å². The fourth-order valence-electron chi connectivity index (χ4n) is 8.61. The molecule has 0 bridgehead atoms. The molecule has 3 N–H and O–H groups in total. The predicted molar refractivity (Wildman–Crippen MR) is 213 cm³/mol. The molecule has 15 nitrogen and oxygen atoms in total. The van der Waals surface area contributed by atoms with Crippen molar-refractivity contribution in [1.29, 1.82) is 0 Å². The van der Waals surface area contributed by atoms with Gasteiger partial charge in [-0.15, -0.1) is 0 Å². The largest absolute Gasteiger partial charge is 0.355 e. The van der Waals surface area contributed by atoms with Gasteiger partial charge in [-0.1, -0.05) is 57.0 Å². The number of anilines is 7. The Hall–Kier alpha value is -4.73. The van der Waals surface area contributed by atoms with Crippen LogP contribution in [0.15, 0.2) is 61.6 Å². The SMILES string of the molecule is Cn1cc(Nc2ncc(Cl)c(N3C[C@]4(C)CN(c5ccccn5)C[C@]4(C)C3)n2)cn1.Cn1cc(Nc2ncc(Cl)c(N3C[C@]4(C)CNC[C@]4(C)C3)n2)cn1. The molecule has 284 valence electrons. The lowest BCUT2D eigenvalue weighted by molar-refractivity contribution is 0.212. The highest BCUT2D eigenvalue weighted by Gasteiger charge is 2.58. The van der Waals surface area contributed by atoms with Gasteiger partial charge in [0, 0.05) is 107 Å². The van der Waals surface area contributed by atoms with Crippen molar-refractivity contribution in [2.24, 2.45) is 35.8 Å². The molecule has 5 aromatic heterocycles. The number of rotatable bonds is 7. The maximum Gasteiger partial charge on any atom is 0.229 e. The Bertz CT molecular complexity index is 2100. The molecule has 54 heavy (non-hydrogen) atoms. The van der Waals surface area contributed by atoms with Crippen LogP contribution in [0.2, 0.25) is 10.0 Å². The molecular formula is C37H47Cl2N15. The minimum absolute atomic E-state index is 0.107. The third kappa shape index (κ3) is 6.66. The van der Waals surface area contributed by atoms with Crippen molar-refractivity contribution in [2.75, 3.05) is 77.7 Å². The first kappa shape index (κ1) is 36.3. The van der Waals surface area contributed by atoms with E-state index in [2.05, 4.69) is 94.5 Å². The summed E-state index contributed by atoms with van der Waals surface area (Å²) in [5.41, 5.74) is 2.38. The molecule has 5 aromatic rings. The zero-order valence-corrected chi connectivity index (χ0v) is 33.1. The van der Waals surface area contributed by atoms with Crippen molar-refractivity contribution in [2.45, 2.75) is 27.7 Å². The van der Waals surface area contributed by atoms with Crippen LogP contribution in [0.25, 0.3) is 0 Å². The molecule has 9 heterocycles. The van der Waals surface area contributed by atoms with Gasteiger partial charge in [-0.05, 0) is 12.1 Å². The number of aromatic nitrogens is 9. The number of pyridine rings is 1. The van der Waals surface area contributed by atoms with Crippen molar-refractivity contribution in [1.82, 2.24) is 49.8 Å². The van der Waals surface area contributed by atoms with Gasteiger partial charge in [0.15, 0.2) is 11.6 Å². The second-order valence-corrected chi connectivity index (χ2v) is 17.2. The van der Waals surface area contributed by atoms with Crippen LogP contribution in [-0.4, -0.2) is 96.8 Å². The lowest BCUT2D eigenvalue weighted by Crippen LogP contribution is -2.34. The summed E-state index contributed by atoms with van der Waals surface area (Å²) in [5, 5.41) is 19.4. The molecule has 0 spiro atoms. The Kier molecular flexibility index (Phi) is 9.09. The molecule has 4 saturated heterocycles. The van der Waals surface area contributed by atoms with Crippen molar-refractivity contribution in [3.05, 3.63) is 71.6 Å². The molecule has 4 aliphatic rings. The second kappa shape index (κ2) is 13.5. The summed E-state index contributed by atoms with van der Waals surface area (Å²) in [5.74, 6) is 3.68. The van der Waals surface area contributed by atoms with Crippen LogP contribution in [0.5, 0.6) is 0 Å². The van der Waals surface area contributed by atoms with E-state index in [1.165, 1.54) is 0 Å². The Morgan fingerprint density at radius 1 is 0.611 bits per heavy atom. The molecule has 17 heteroatoms. The fraction of sp³-hybridized carbons (Fsp3) is 0.486. The molecular weight excluding hydrogens is 725 g/mol. The van der Waals surface area contributed by atoms with Crippen LogP contribution in [0.4, 0.5) is 40.7 Å². The Balaban J connectivity index is 0.000000157. The first-order valence-corrected chi connectivity index (χ1v) is 18.9. The average Bonchev–Trinajstić information content (AvgIpc) is 3.95. The second-order valence-electron chi connectivity index (χ2n) is 16.4. The maximum atomic E-state index is 6.52. The molecule has 0 radical (unpaired) electrons. The van der Waals surface area contributed by atoms with Crippen LogP contribution >= 0.6 is 23.2 Å². The Morgan fingerprint density at radius 3 is 1.50 bits per heavy atom. The van der Waals surface area contributed by atoms with Gasteiger partial charge in [-0.3, -0.25) is 9.36 Å². The molecule has 0 aliphatic carbocycles. The van der Waals surface area contributed by atoms with Crippen LogP contribution in [0.1, 0.15) is 27.7 Å². The smallest absolute Gasteiger partial charge is 0.229 e. The van der Waals surface area contributed by atoms with Crippen molar-refractivity contribution < 1.29 is 0 Å². The maximum absolute atomic E-state index is 6.52. The number of halogens is 2. The summed E-state index contributed by atoms with van der Waals surface area (Å²) in [6.07, 6.45) is 12.4. The quantitative estimate of drug-likeness (QED) is 0.194. The van der Waals surface area contributed by atoms with E-state index in [1.54, 1.807) is 34.2 Å². The minimum Gasteiger partial charge on any atom is -0.355 e. The van der Waals surface area contributed by atoms with E-state index in [0.29, 0.717) is 21.9 Å². The molecule has 0 unspecified atom stereocenters. The van der Waals surface area contributed by atoms with Crippen molar-refractivity contribution in [3.8, 4) is 0 Å². The molecule has 0 saturated carbocycles. The summed E-state index contributed by atoms with van der Waals surface area (Å²) >= 11 is 12.9.